The van der Waals surface area contributed by atoms with Gasteiger partial charge in [-0.2, -0.15) is 0 Å². The standard InChI is InChI=1S/C21H33BO4/c1-15(23)24-14-17(13-19(2,3)4)16-9-11-18(12-10-16)22-25-20(5,6)21(7,8)26-22/h9-12,17H,13-14H2,1-8H3. The van der Waals surface area contributed by atoms with Gasteiger partial charge >= 0.3 is 13.1 Å². The molecule has 0 radical (unpaired) electrons. The molecule has 5 heteroatoms. The molecule has 1 aliphatic heterocycles. The molecule has 1 unspecified atom stereocenters. The van der Waals surface area contributed by atoms with Crippen LogP contribution in [0, 0.1) is 5.41 Å². The van der Waals surface area contributed by atoms with Gasteiger partial charge < -0.3 is 14.0 Å². The van der Waals surface area contributed by atoms with E-state index in [-0.39, 0.29) is 35.6 Å². The van der Waals surface area contributed by atoms with Crippen LogP contribution in [0.15, 0.2) is 24.3 Å². The first kappa shape index (κ1) is 21.0. The maximum Gasteiger partial charge on any atom is 0.494 e. The lowest BCUT2D eigenvalue weighted by atomic mass is 9.77. The summed E-state index contributed by atoms with van der Waals surface area (Å²) in [5.74, 6) is -0.0657. The van der Waals surface area contributed by atoms with E-state index in [1.807, 2.05) is 0 Å². The number of carbonyl (C=O) groups is 1. The molecule has 26 heavy (non-hydrogen) atoms. The van der Waals surface area contributed by atoms with Gasteiger partial charge in [0.25, 0.3) is 0 Å². The van der Waals surface area contributed by atoms with Crippen molar-refractivity contribution in [2.24, 2.45) is 5.41 Å². The predicted octanol–water partition coefficient (Wildman–Crippen LogP) is 4.07. The van der Waals surface area contributed by atoms with E-state index in [9.17, 15) is 4.79 Å². The minimum Gasteiger partial charge on any atom is -0.465 e. The first-order chi connectivity index (χ1) is 11.8. The molecule has 1 fully saturated rings. The molecule has 0 N–H and O–H groups in total. The monoisotopic (exact) mass is 360 g/mol. The molecule has 1 aromatic carbocycles. The molecule has 1 aliphatic rings. The van der Waals surface area contributed by atoms with Gasteiger partial charge in [0.1, 0.15) is 0 Å². The van der Waals surface area contributed by atoms with E-state index in [2.05, 4.69) is 72.7 Å². The second-order valence-corrected chi connectivity index (χ2v) is 9.52. The minimum absolute atomic E-state index is 0.148. The normalized spacial score (nSPS) is 20.1. The summed E-state index contributed by atoms with van der Waals surface area (Å²) in [6.07, 6.45) is 0.941. The van der Waals surface area contributed by atoms with Crippen molar-refractivity contribution >= 4 is 18.6 Å². The highest BCUT2D eigenvalue weighted by Crippen LogP contribution is 2.37. The summed E-state index contributed by atoms with van der Waals surface area (Å²) in [5, 5.41) is 0. The summed E-state index contributed by atoms with van der Waals surface area (Å²) in [7, 11) is -0.358. The molecular weight excluding hydrogens is 327 g/mol. The smallest absolute Gasteiger partial charge is 0.465 e. The number of benzene rings is 1. The molecule has 1 heterocycles. The SMILES string of the molecule is CC(=O)OCC(CC(C)(C)C)c1ccc(B2OC(C)(C)C(C)(C)O2)cc1. The molecule has 144 valence electrons. The largest absolute Gasteiger partial charge is 0.494 e. The van der Waals surface area contributed by atoms with Gasteiger partial charge in [-0.25, -0.2) is 0 Å². The van der Waals surface area contributed by atoms with Crippen LogP contribution in [-0.4, -0.2) is 30.9 Å². The summed E-state index contributed by atoms with van der Waals surface area (Å²) in [4.78, 5) is 11.2. The van der Waals surface area contributed by atoms with Gasteiger partial charge in [-0.05, 0) is 50.6 Å². The Morgan fingerprint density at radius 3 is 2.00 bits per heavy atom. The van der Waals surface area contributed by atoms with Gasteiger partial charge in [0.05, 0.1) is 17.8 Å². The fourth-order valence-corrected chi connectivity index (χ4v) is 3.13. The van der Waals surface area contributed by atoms with Gasteiger partial charge in [0.2, 0.25) is 0 Å². The van der Waals surface area contributed by atoms with Crippen LogP contribution in [-0.2, 0) is 18.8 Å². The number of esters is 1. The summed E-state index contributed by atoms with van der Waals surface area (Å²) in [5.41, 5.74) is 1.63. The third-order valence-corrected chi connectivity index (χ3v) is 5.28. The van der Waals surface area contributed by atoms with Crippen LogP contribution < -0.4 is 5.46 Å². The summed E-state index contributed by atoms with van der Waals surface area (Å²) in [6.45, 7) is 16.7. The fourth-order valence-electron chi connectivity index (χ4n) is 3.13. The minimum atomic E-state index is -0.358. The van der Waals surface area contributed by atoms with Crippen LogP contribution in [0.2, 0.25) is 0 Å². The summed E-state index contributed by atoms with van der Waals surface area (Å²) in [6, 6.07) is 8.31. The van der Waals surface area contributed by atoms with E-state index in [1.165, 1.54) is 12.5 Å². The van der Waals surface area contributed by atoms with E-state index >= 15 is 0 Å². The Kier molecular flexibility index (Phi) is 5.94. The third kappa shape index (κ3) is 5.11. The molecule has 1 atom stereocenters. The number of ether oxygens (including phenoxy) is 1. The first-order valence-electron chi connectivity index (χ1n) is 9.40. The predicted molar refractivity (Wildman–Crippen MR) is 106 cm³/mol. The average Bonchev–Trinajstić information content (AvgIpc) is 2.71. The molecule has 2 rings (SSSR count). The lowest BCUT2D eigenvalue weighted by molar-refractivity contribution is -0.141. The molecule has 1 saturated heterocycles. The highest BCUT2D eigenvalue weighted by molar-refractivity contribution is 6.62. The van der Waals surface area contributed by atoms with Crippen molar-refractivity contribution in [3.63, 3.8) is 0 Å². The number of carbonyl (C=O) groups excluding carboxylic acids is 1. The maximum atomic E-state index is 11.2. The Labute approximate surface area is 158 Å². The van der Waals surface area contributed by atoms with E-state index in [4.69, 9.17) is 14.0 Å². The molecule has 0 aromatic heterocycles. The molecule has 1 aromatic rings. The molecule has 0 amide bonds. The van der Waals surface area contributed by atoms with Crippen molar-refractivity contribution in [1.29, 1.82) is 0 Å². The van der Waals surface area contributed by atoms with Crippen LogP contribution in [0.4, 0.5) is 0 Å². The van der Waals surface area contributed by atoms with E-state index in [0.717, 1.165) is 11.9 Å². The van der Waals surface area contributed by atoms with Gasteiger partial charge in [-0.15, -0.1) is 0 Å². The zero-order chi connectivity index (χ0) is 19.8. The molecule has 0 spiro atoms. The first-order valence-corrected chi connectivity index (χ1v) is 9.40. The quantitative estimate of drug-likeness (QED) is 0.587. The molecule has 0 bridgehead atoms. The van der Waals surface area contributed by atoms with Crippen molar-refractivity contribution in [3.8, 4) is 0 Å². The summed E-state index contributed by atoms with van der Waals surface area (Å²) >= 11 is 0. The highest BCUT2D eigenvalue weighted by Gasteiger charge is 2.51. The Morgan fingerprint density at radius 2 is 1.58 bits per heavy atom. The van der Waals surface area contributed by atoms with Gasteiger partial charge in [-0.3, -0.25) is 4.79 Å². The Balaban J connectivity index is 2.16. The lowest BCUT2D eigenvalue weighted by Crippen LogP contribution is -2.41. The van der Waals surface area contributed by atoms with Crippen molar-refractivity contribution in [2.45, 2.75) is 78.9 Å². The summed E-state index contributed by atoms with van der Waals surface area (Å²) < 4.78 is 17.5. The van der Waals surface area contributed by atoms with Crippen molar-refractivity contribution in [1.82, 2.24) is 0 Å². The van der Waals surface area contributed by atoms with Gasteiger partial charge in [0.15, 0.2) is 0 Å². The maximum absolute atomic E-state index is 11.2. The fraction of sp³-hybridized carbons (Fsp3) is 0.667. The second kappa shape index (κ2) is 7.36. The number of rotatable bonds is 5. The topological polar surface area (TPSA) is 44.8 Å². The Morgan fingerprint density at radius 1 is 1.08 bits per heavy atom. The van der Waals surface area contributed by atoms with Crippen LogP contribution in [0.1, 0.15) is 73.3 Å². The van der Waals surface area contributed by atoms with Crippen LogP contribution in [0.5, 0.6) is 0 Å². The zero-order valence-electron chi connectivity index (χ0n) is 17.5. The molecule has 4 nitrogen and oxygen atoms in total. The average molecular weight is 360 g/mol. The van der Waals surface area contributed by atoms with E-state index in [0.29, 0.717) is 6.61 Å². The van der Waals surface area contributed by atoms with Crippen LogP contribution in [0.25, 0.3) is 0 Å². The van der Waals surface area contributed by atoms with Gasteiger partial charge in [-0.1, -0.05) is 45.0 Å². The Hall–Kier alpha value is -1.33. The number of hydrogen-bond donors (Lipinski definition) is 0. The Bertz CT molecular complexity index is 612. The lowest BCUT2D eigenvalue weighted by Gasteiger charge is -2.32. The van der Waals surface area contributed by atoms with Crippen LogP contribution >= 0.6 is 0 Å². The van der Waals surface area contributed by atoms with Crippen molar-refractivity contribution < 1.29 is 18.8 Å². The van der Waals surface area contributed by atoms with Gasteiger partial charge in [0, 0.05) is 12.8 Å². The van der Waals surface area contributed by atoms with E-state index in [1.54, 1.807) is 0 Å². The molecular formula is C21H33BO4. The highest BCUT2D eigenvalue weighted by atomic mass is 16.7. The number of hydrogen-bond acceptors (Lipinski definition) is 4. The molecule has 0 aliphatic carbocycles. The third-order valence-electron chi connectivity index (χ3n) is 5.28. The van der Waals surface area contributed by atoms with Crippen LogP contribution in [0.3, 0.4) is 0 Å². The van der Waals surface area contributed by atoms with E-state index < -0.39 is 0 Å². The zero-order valence-corrected chi connectivity index (χ0v) is 17.5. The second-order valence-electron chi connectivity index (χ2n) is 9.52. The molecule has 0 saturated carbocycles. The van der Waals surface area contributed by atoms with Crippen molar-refractivity contribution in [3.05, 3.63) is 29.8 Å². The van der Waals surface area contributed by atoms with Crippen molar-refractivity contribution in [2.75, 3.05) is 6.61 Å².